The predicted molar refractivity (Wildman–Crippen MR) is 261 cm³/mol. The molecular weight excluding hydrogens is 785 g/mol. The Hall–Kier alpha value is -8.19. The van der Waals surface area contributed by atoms with E-state index in [1.807, 2.05) is 42.5 Å². The summed E-state index contributed by atoms with van der Waals surface area (Å²) in [5, 5.41) is 9.76. The standard InChI is InChI=1S/C57H38N4OSi/c1-5-19-39(20-6-1)55-58-56(40-21-7-2-8-22-40)60-57(59-55)61-49-31-15-13-29-46(49)47-36-35-42(38-50(47)61)41-23-17-28-45(37-41)63(43-24-9-3-10-25-43,44-26-11-4-12-27-44)53-34-18-33-52-54(53)48-30-14-16-32-51(48)62-52/h1-38H. The number of fused-ring (bicyclic) bond motifs is 6. The molecule has 12 rings (SSSR count). The van der Waals surface area contributed by atoms with Gasteiger partial charge in [0.15, 0.2) is 19.7 Å². The van der Waals surface area contributed by atoms with Crippen molar-refractivity contribution in [2.24, 2.45) is 0 Å². The van der Waals surface area contributed by atoms with E-state index >= 15 is 0 Å². The minimum atomic E-state index is -3.02. The van der Waals surface area contributed by atoms with E-state index in [4.69, 9.17) is 19.4 Å². The maximum atomic E-state index is 6.57. The highest BCUT2D eigenvalue weighted by Gasteiger charge is 2.43. The van der Waals surface area contributed by atoms with Gasteiger partial charge in [0, 0.05) is 32.7 Å². The zero-order chi connectivity index (χ0) is 41.7. The molecule has 63 heavy (non-hydrogen) atoms. The lowest BCUT2D eigenvalue weighted by atomic mass is 10.0. The molecule has 296 valence electrons. The normalized spacial score (nSPS) is 11.8. The first kappa shape index (κ1) is 36.6. The molecule has 9 aromatic carbocycles. The van der Waals surface area contributed by atoms with Gasteiger partial charge in [0.25, 0.3) is 0 Å². The molecule has 0 N–H and O–H groups in total. The van der Waals surface area contributed by atoms with Gasteiger partial charge in [-0.2, -0.15) is 9.97 Å². The molecule has 0 fully saturated rings. The molecular formula is C57H38N4OSi. The average molecular weight is 823 g/mol. The molecule has 6 heteroatoms. The molecule has 0 amide bonds. The summed E-state index contributed by atoms with van der Waals surface area (Å²) in [6.07, 6.45) is 0. The van der Waals surface area contributed by atoms with Crippen molar-refractivity contribution < 1.29 is 4.42 Å². The first-order valence-corrected chi connectivity index (χ1v) is 23.3. The van der Waals surface area contributed by atoms with Crippen LogP contribution in [0.1, 0.15) is 0 Å². The van der Waals surface area contributed by atoms with Crippen molar-refractivity contribution in [1.29, 1.82) is 0 Å². The van der Waals surface area contributed by atoms with Gasteiger partial charge >= 0.3 is 0 Å². The number of para-hydroxylation sites is 2. The Kier molecular flexibility index (Phi) is 8.76. The van der Waals surface area contributed by atoms with E-state index in [0.717, 1.165) is 60.6 Å². The van der Waals surface area contributed by atoms with Crippen LogP contribution in [0.3, 0.4) is 0 Å². The zero-order valence-electron chi connectivity index (χ0n) is 34.1. The SMILES string of the molecule is c1ccc(-c2nc(-c3ccccc3)nc(-n3c4ccccc4c4ccc(-c5cccc([Si](c6ccccc6)(c6ccccc6)c6cccc7oc8ccccc8c67)c5)cc43)n2)cc1. The average Bonchev–Trinajstić information content (AvgIpc) is 3.91. The molecule has 5 nitrogen and oxygen atoms in total. The van der Waals surface area contributed by atoms with Crippen LogP contribution in [0.15, 0.2) is 235 Å². The lowest BCUT2D eigenvalue weighted by Crippen LogP contribution is -2.74. The molecule has 0 atom stereocenters. The van der Waals surface area contributed by atoms with Crippen LogP contribution < -0.4 is 20.7 Å². The van der Waals surface area contributed by atoms with Gasteiger partial charge in [-0.05, 0) is 56.1 Å². The highest BCUT2D eigenvalue weighted by atomic mass is 28.3. The number of furan rings is 1. The van der Waals surface area contributed by atoms with Crippen LogP contribution in [0.5, 0.6) is 0 Å². The second-order valence-corrected chi connectivity index (χ2v) is 19.7. The van der Waals surface area contributed by atoms with Crippen LogP contribution in [0.2, 0.25) is 0 Å². The first-order chi connectivity index (χ1) is 31.2. The van der Waals surface area contributed by atoms with Crippen molar-refractivity contribution in [1.82, 2.24) is 19.5 Å². The van der Waals surface area contributed by atoms with Crippen molar-refractivity contribution in [2.45, 2.75) is 0 Å². The monoisotopic (exact) mass is 822 g/mol. The maximum Gasteiger partial charge on any atom is 0.238 e. The topological polar surface area (TPSA) is 56.7 Å². The summed E-state index contributed by atoms with van der Waals surface area (Å²) in [5.74, 6) is 1.82. The molecule has 0 aliphatic rings. The summed E-state index contributed by atoms with van der Waals surface area (Å²) in [6, 6.07) is 82.2. The Morgan fingerprint density at radius 2 is 0.857 bits per heavy atom. The van der Waals surface area contributed by atoms with Gasteiger partial charge < -0.3 is 4.42 Å². The van der Waals surface area contributed by atoms with Crippen LogP contribution in [-0.4, -0.2) is 27.6 Å². The Balaban J connectivity index is 1.11. The van der Waals surface area contributed by atoms with E-state index in [2.05, 4.69) is 193 Å². The molecule has 0 bridgehead atoms. The first-order valence-electron chi connectivity index (χ1n) is 21.3. The highest BCUT2D eigenvalue weighted by molar-refractivity contribution is 7.20. The third kappa shape index (κ3) is 6.03. The highest BCUT2D eigenvalue weighted by Crippen LogP contribution is 2.36. The van der Waals surface area contributed by atoms with E-state index in [0.29, 0.717) is 17.6 Å². The summed E-state index contributed by atoms with van der Waals surface area (Å²) in [7, 11) is -3.02. The Bertz CT molecular complexity index is 3530. The van der Waals surface area contributed by atoms with Crippen molar-refractivity contribution in [3.63, 3.8) is 0 Å². The molecule has 0 saturated heterocycles. The molecule has 0 unspecified atom stereocenters. The second kappa shape index (κ2) is 15.1. The summed E-state index contributed by atoms with van der Waals surface area (Å²) in [4.78, 5) is 15.4. The van der Waals surface area contributed by atoms with Crippen molar-refractivity contribution in [2.75, 3.05) is 0 Å². The fraction of sp³-hybridized carbons (Fsp3) is 0. The Labute approximate surface area is 365 Å². The summed E-state index contributed by atoms with van der Waals surface area (Å²) in [5.41, 5.74) is 7.94. The molecule has 0 aliphatic heterocycles. The maximum absolute atomic E-state index is 6.57. The number of aromatic nitrogens is 4. The van der Waals surface area contributed by atoms with E-state index in [1.54, 1.807) is 0 Å². The van der Waals surface area contributed by atoms with Gasteiger partial charge in [0.05, 0.1) is 11.0 Å². The van der Waals surface area contributed by atoms with E-state index in [-0.39, 0.29) is 0 Å². The summed E-state index contributed by atoms with van der Waals surface area (Å²) < 4.78 is 8.78. The number of hydrogen-bond acceptors (Lipinski definition) is 4. The second-order valence-electron chi connectivity index (χ2n) is 15.9. The zero-order valence-corrected chi connectivity index (χ0v) is 35.1. The lowest BCUT2D eigenvalue weighted by molar-refractivity contribution is 0.669. The van der Waals surface area contributed by atoms with Crippen LogP contribution in [0.4, 0.5) is 0 Å². The summed E-state index contributed by atoms with van der Waals surface area (Å²) in [6.45, 7) is 0. The third-order valence-electron chi connectivity index (χ3n) is 12.4. The number of rotatable bonds is 8. The van der Waals surface area contributed by atoms with Gasteiger partial charge in [-0.15, -0.1) is 0 Å². The van der Waals surface area contributed by atoms with E-state index in [1.165, 1.54) is 26.1 Å². The molecule has 0 aliphatic carbocycles. The number of hydrogen-bond donors (Lipinski definition) is 0. The van der Waals surface area contributed by atoms with Crippen LogP contribution >= 0.6 is 0 Å². The third-order valence-corrected chi connectivity index (χ3v) is 17.2. The van der Waals surface area contributed by atoms with Crippen LogP contribution in [0.25, 0.3) is 83.6 Å². The predicted octanol–water partition coefficient (Wildman–Crippen LogP) is 11.2. The van der Waals surface area contributed by atoms with Crippen molar-refractivity contribution in [3.05, 3.63) is 231 Å². The van der Waals surface area contributed by atoms with Crippen molar-refractivity contribution in [3.8, 4) is 39.9 Å². The van der Waals surface area contributed by atoms with Gasteiger partial charge in [-0.25, -0.2) is 4.98 Å². The number of benzene rings is 9. The molecule has 0 radical (unpaired) electrons. The van der Waals surface area contributed by atoms with Gasteiger partial charge in [0.1, 0.15) is 11.2 Å². The van der Waals surface area contributed by atoms with Gasteiger partial charge in [-0.3, -0.25) is 4.57 Å². The largest absolute Gasteiger partial charge is 0.456 e. The lowest BCUT2D eigenvalue weighted by Gasteiger charge is -2.35. The minimum absolute atomic E-state index is 0.569. The van der Waals surface area contributed by atoms with Crippen LogP contribution in [0, 0.1) is 0 Å². The minimum Gasteiger partial charge on any atom is -0.456 e. The Morgan fingerprint density at radius 1 is 0.349 bits per heavy atom. The van der Waals surface area contributed by atoms with Gasteiger partial charge in [0.2, 0.25) is 5.95 Å². The Morgan fingerprint density at radius 3 is 1.54 bits per heavy atom. The van der Waals surface area contributed by atoms with Crippen LogP contribution in [-0.2, 0) is 0 Å². The van der Waals surface area contributed by atoms with E-state index in [9.17, 15) is 0 Å². The number of nitrogens with zero attached hydrogens (tertiary/aromatic N) is 4. The van der Waals surface area contributed by atoms with E-state index < -0.39 is 8.07 Å². The molecule has 0 saturated carbocycles. The quantitative estimate of drug-likeness (QED) is 0.113. The molecule has 3 heterocycles. The van der Waals surface area contributed by atoms with Crippen molar-refractivity contribution >= 4 is 72.6 Å². The molecule has 0 spiro atoms. The fourth-order valence-corrected chi connectivity index (χ4v) is 14.6. The smallest absolute Gasteiger partial charge is 0.238 e. The van der Waals surface area contributed by atoms with Gasteiger partial charge in [-0.1, -0.05) is 206 Å². The summed E-state index contributed by atoms with van der Waals surface area (Å²) >= 11 is 0. The molecule has 12 aromatic rings. The molecule has 3 aromatic heterocycles. The fourth-order valence-electron chi connectivity index (χ4n) is 9.62.